The van der Waals surface area contributed by atoms with E-state index in [2.05, 4.69) is 5.32 Å². The molecule has 0 saturated carbocycles. The van der Waals surface area contributed by atoms with Gasteiger partial charge in [0.05, 0.1) is 18.8 Å². The molecule has 1 aromatic rings. The predicted octanol–water partition coefficient (Wildman–Crippen LogP) is 0.972. The molecule has 1 heterocycles. The molecule has 1 fully saturated rings. The van der Waals surface area contributed by atoms with Crippen LogP contribution >= 0.6 is 0 Å². The van der Waals surface area contributed by atoms with Crippen molar-refractivity contribution in [1.82, 2.24) is 0 Å². The van der Waals surface area contributed by atoms with Crippen molar-refractivity contribution in [1.29, 1.82) is 0 Å². The lowest BCUT2D eigenvalue weighted by atomic mass is 10.1. The van der Waals surface area contributed by atoms with Crippen LogP contribution in [0.1, 0.15) is 19.3 Å². The number of nitrogens with one attached hydrogen (secondary N) is 2. The van der Waals surface area contributed by atoms with Crippen LogP contribution in [0, 0.1) is 11.6 Å². The number of benzene rings is 1. The van der Waals surface area contributed by atoms with Crippen LogP contribution in [0.3, 0.4) is 0 Å². The molecule has 2 rings (SSSR count). The molecule has 98 valence electrons. The average Bonchev–Trinajstić information content (AvgIpc) is 2.34. The molecule has 0 bridgehead atoms. The van der Waals surface area contributed by atoms with Gasteiger partial charge in [-0.3, -0.25) is 4.79 Å². The van der Waals surface area contributed by atoms with Crippen molar-refractivity contribution in [2.45, 2.75) is 19.3 Å². The van der Waals surface area contributed by atoms with Crippen LogP contribution < -0.4 is 10.2 Å². The zero-order chi connectivity index (χ0) is 13.0. The second-order valence-electron chi connectivity index (χ2n) is 4.66. The third-order valence-corrected chi connectivity index (χ3v) is 3.18. The van der Waals surface area contributed by atoms with Gasteiger partial charge in [0, 0.05) is 6.07 Å². The highest BCUT2D eigenvalue weighted by Gasteiger charge is 2.18. The normalized spacial score (nSPS) is 16.6. The van der Waals surface area contributed by atoms with E-state index in [4.69, 9.17) is 0 Å². The zero-order valence-electron chi connectivity index (χ0n) is 10.1. The molecular formula is C13H17F2N2O+. The highest BCUT2D eigenvalue weighted by molar-refractivity contribution is 5.91. The lowest BCUT2D eigenvalue weighted by Gasteiger charge is -2.22. The van der Waals surface area contributed by atoms with Gasteiger partial charge in [-0.1, -0.05) is 0 Å². The quantitative estimate of drug-likeness (QED) is 0.829. The molecule has 0 radical (unpaired) electrons. The number of hydrogen-bond acceptors (Lipinski definition) is 1. The molecule has 1 saturated heterocycles. The van der Waals surface area contributed by atoms with Crippen molar-refractivity contribution in [3.8, 4) is 0 Å². The Hall–Kier alpha value is -1.49. The minimum atomic E-state index is -0.739. The summed E-state index contributed by atoms with van der Waals surface area (Å²) in [5, 5.41) is 2.48. The van der Waals surface area contributed by atoms with Gasteiger partial charge in [-0.25, -0.2) is 8.78 Å². The Balaban J connectivity index is 1.90. The first kappa shape index (κ1) is 13.0. The van der Waals surface area contributed by atoms with E-state index in [0.29, 0.717) is 6.54 Å². The van der Waals surface area contributed by atoms with Crippen LogP contribution in [0.15, 0.2) is 18.2 Å². The number of amides is 1. The fraction of sp³-hybridized carbons (Fsp3) is 0.462. The SMILES string of the molecule is O=C(C[NH+]1CCCCC1)Nc1ccc(F)cc1F. The van der Waals surface area contributed by atoms with Crippen LogP contribution in [0.2, 0.25) is 0 Å². The molecule has 3 nitrogen and oxygen atoms in total. The largest absolute Gasteiger partial charge is 0.327 e. The van der Waals surface area contributed by atoms with Gasteiger partial charge in [-0.15, -0.1) is 0 Å². The first-order valence-electron chi connectivity index (χ1n) is 6.23. The molecule has 1 amide bonds. The summed E-state index contributed by atoms with van der Waals surface area (Å²) in [5.74, 6) is -1.61. The molecule has 1 aliphatic rings. The van der Waals surface area contributed by atoms with Crippen molar-refractivity contribution < 1.29 is 18.5 Å². The summed E-state index contributed by atoms with van der Waals surface area (Å²) >= 11 is 0. The molecule has 0 aromatic heterocycles. The van der Waals surface area contributed by atoms with Gasteiger partial charge in [-0.05, 0) is 31.4 Å². The van der Waals surface area contributed by atoms with E-state index < -0.39 is 11.6 Å². The minimum Gasteiger partial charge on any atom is -0.327 e. The van der Waals surface area contributed by atoms with Crippen LogP contribution in [-0.4, -0.2) is 25.5 Å². The number of piperidine rings is 1. The van der Waals surface area contributed by atoms with Crippen molar-refractivity contribution in [3.63, 3.8) is 0 Å². The Labute approximate surface area is 105 Å². The summed E-state index contributed by atoms with van der Waals surface area (Å²) < 4.78 is 26.0. The summed E-state index contributed by atoms with van der Waals surface area (Å²) in [5.41, 5.74) is 0.0396. The summed E-state index contributed by atoms with van der Waals surface area (Å²) in [7, 11) is 0. The first-order valence-corrected chi connectivity index (χ1v) is 6.23. The second-order valence-corrected chi connectivity index (χ2v) is 4.66. The molecule has 1 aromatic carbocycles. The molecule has 1 aliphatic heterocycles. The third kappa shape index (κ3) is 3.50. The molecule has 2 N–H and O–H groups in total. The van der Waals surface area contributed by atoms with Crippen LogP contribution in [0.4, 0.5) is 14.5 Å². The Morgan fingerprint density at radius 3 is 2.61 bits per heavy atom. The molecule has 18 heavy (non-hydrogen) atoms. The summed E-state index contributed by atoms with van der Waals surface area (Å²) in [6.07, 6.45) is 3.48. The maximum atomic E-state index is 13.3. The summed E-state index contributed by atoms with van der Waals surface area (Å²) in [6.45, 7) is 2.31. The number of quaternary nitrogens is 1. The molecule has 0 aliphatic carbocycles. The third-order valence-electron chi connectivity index (χ3n) is 3.18. The molecular weight excluding hydrogens is 238 g/mol. The van der Waals surface area contributed by atoms with E-state index in [-0.39, 0.29) is 11.6 Å². The van der Waals surface area contributed by atoms with Gasteiger partial charge in [0.15, 0.2) is 6.54 Å². The smallest absolute Gasteiger partial charge is 0.279 e. The Morgan fingerprint density at radius 2 is 1.94 bits per heavy atom. The van der Waals surface area contributed by atoms with E-state index in [1.54, 1.807) is 0 Å². The van der Waals surface area contributed by atoms with Gasteiger partial charge in [0.25, 0.3) is 5.91 Å². The van der Waals surface area contributed by atoms with Crippen molar-refractivity contribution in [2.75, 3.05) is 25.0 Å². The Morgan fingerprint density at radius 1 is 1.22 bits per heavy atom. The lowest BCUT2D eigenvalue weighted by Crippen LogP contribution is -3.13. The minimum absolute atomic E-state index is 0.0396. The van der Waals surface area contributed by atoms with Crippen LogP contribution in [-0.2, 0) is 4.79 Å². The first-order chi connectivity index (χ1) is 8.65. The van der Waals surface area contributed by atoms with Gasteiger partial charge in [-0.2, -0.15) is 0 Å². The summed E-state index contributed by atoms with van der Waals surface area (Å²) in [4.78, 5) is 12.9. The topological polar surface area (TPSA) is 33.5 Å². The van der Waals surface area contributed by atoms with E-state index in [1.807, 2.05) is 0 Å². The molecule has 0 atom stereocenters. The average molecular weight is 255 g/mol. The number of rotatable bonds is 3. The monoisotopic (exact) mass is 255 g/mol. The highest BCUT2D eigenvalue weighted by atomic mass is 19.1. The van der Waals surface area contributed by atoms with Crippen molar-refractivity contribution >= 4 is 11.6 Å². The lowest BCUT2D eigenvalue weighted by molar-refractivity contribution is -0.896. The van der Waals surface area contributed by atoms with Crippen molar-refractivity contribution in [2.24, 2.45) is 0 Å². The number of anilines is 1. The van der Waals surface area contributed by atoms with E-state index >= 15 is 0 Å². The second kappa shape index (κ2) is 5.91. The van der Waals surface area contributed by atoms with Gasteiger partial charge in [0.1, 0.15) is 11.6 Å². The summed E-state index contributed by atoms with van der Waals surface area (Å²) in [6, 6.07) is 3.14. The number of halogens is 2. The number of carbonyl (C=O) groups excluding carboxylic acids is 1. The fourth-order valence-electron chi connectivity index (χ4n) is 2.24. The maximum Gasteiger partial charge on any atom is 0.279 e. The molecule has 0 spiro atoms. The molecule has 5 heteroatoms. The van der Waals surface area contributed by atoms with E-state index in [0.717, 1.165) is 38.1 Å². The fourth-order valence-corrected chi connectivity index (χ4v) is 2.24. The maximum absolute atomic E-state index is 13.3. The van der Waals surface area contributed by atoms with Crippen molar-refractivity contribution in [3.05, 3.63) is 29.8 Å². The van der Waals surface area contributed by atoms with E-state index in [9.17, 15) is 13.6 Å². The number of likely N-dealkylation sites (tertiary alicyclic amines) is 1. The Bertz CT molecular complexity index is 431. The molecule has 0 unspecified atom stereocenters. The van der Waals surface area contributed by atoms with Gasteiger partial charge < -0.3 is 10.2 Å². The standard InChI is InChI=1S/C13H16F2N2O/c14-10-4-5-12(11(15)8-10)16-13(18)9-17-6-2-1-3-7-17/h4-5,8H,1-3,6-7,9H2,(H,16,18)/p+1. The number of hydrogen-bond donors (Lipinski definition) is 2. The van der Waals surface area contributed by atoms with E-state index in [1.165, 1.54) is 17.4 Å². The van der Waals surface area contributed by atoms with Crippen LogP contribution in [0.25, 0.3) is 0 Å². The Kier molecular flexibility index (Phi) is 4.25. The highest BCUT2D eigenvalue weighted by Crippen LogP contribution is 2.14. The number of carbonyl (C=O) groups is 1. The zero-order valence-corrected chi connectivity index (χ0v) is 10.1. The van der Waals surface area contributed by atoms with Crippen LogP contribution in [0.5, 0.6) is 0 Å². The van der Waals surface area contributed by atoms with Gasteiger partial charge >= 0.3 is 0 Å². The van der Waals surface area contributed by atoms with Gasteiger partial charge in [0.2, 0.25) is 0 Å². The predicted molar refractivity (Wildman–Crippen MR) is 64.4 cm³/mol.